The number of benzene rings is 2. The van der Waals surface area contributed by atoms with Crippen molar-refractivity contribution in [1.82, 2.24) is 15.2 Å². The van der Waals surface area contributed by atoms with Crippen LogP contribution in [0.25, 0.3) is 38.0 Å². The first-order valence-corrected chi connectivity index (χ1v) is 10.3. The van der Waals surface area contributed by atoms with E-state index in [4.69, 9.17) is 9.40 Å². The van der Waals surface area contributed by atoms with Crippen LogP contribution in [0.4, 0.5) is 17.3 Å². The van der Waals surface area contributed by atoms with Crippen LogP contribution in [0.2, 0.25) is 0 Å². The summed E-state index contributed by atoms with van der Waals surface area (Å²) in [6, 6.07) is 17.5. The zero-order chi connectivity index (χ0) is 19.8. The summed E-state index contributed by atoms with van der Waals surface area (Å²) in [4.78, 5) is 7.98. The lowest BCUT2D eigenvalue weighted by Gasteiger charge is -2.02. The van der Waals surface area contributed by atoms with Crippen molar-refractivity contribution >= 4 is 55.6 Å². The van der Waals surface area contributed by atoms with Gasteiger partial charge in [-0.1, -0.05) is 34.1 Å². The number of rotatable bonds is 4. The van der Waals surface area contributed by atoms with E-state index in [1.807, 2.05) is 60.0 Å². The van der Waals surface area contributed by atoms with Gasteiger partial charge in [0.25, 0.3) is 0 Å². The van der Waals surface area contributed by atoms with E-state index in [0.29, 0.717) is 27.8 Å². The third-order valence-corrected chi connectivity index (χ3v) is 5.69. The van der Waals surface area contributed by atoms with Crippen LogP contribution >= 0.6 is 27.3 Å². The fraction of sp³-hybridized carbons (Fsp3) is 0. The van der Waals surface area contributed by atoms with Gasteiger partial charge in [-0.15, -0.1) is 11.3 Å². The smallest absolute Gasteiger partial charge is 0.500 e. The molecule has 5 rings (SSSR count). The number of aromatic nitrogens is 3. The lowest BCUT2D eigenvalue weighted by molar-refractivity contribution is -0.00000629. The zero-order valence-corrected chi connectivity index (χ0v) is 18.3. The number of diazo groups is 1. The number of nitrogens with one attached hydrogen (secondary N) is 2. The van der Waals surface area contributed by atoms with E-state index in [2.05, 4.69) is 36.4 Å². The lowest BCUT2D eigenvalue weighted by atomic mass is 10.2. The molecule has 5 aromatic rings. The molecule has 0 radical (unpaired) electrons. The van der Waals surface area contributed by atoms with Crippen LogP contribution in [0, 0.1) is 5.39 Å². The average molecular weight is 500 g/mol. The standard InChI is InChI=1S/C20H11BrN6OS.ClH/c21-12-6-7-15-11(8-12)9-16(28-15)14-10-29-20(24-14)17-18(26-27-19(17)25-22)23-13-4-2-1-3-5-13;/h1-10,22H;1H. The minimum absolute atomic E-state index is 0. The van der Waals surface area contributed by atoms with E-state index < -0.39 is 0 Å². The number of hydrogen-bond donors (Lipinski definition) is 2. The van der Waals surface area contributed by atoms with Crippen LogP contribution in [0.15, 0.2) is 68.9 Å². The number of nitrogens with zero attached hydrogens (tertiary/aromatic N) is 4. The number of fused-ring (bicyclic) bond motifs is 1. The Balaban J connectivity index is 0.00000218. The molecule has 0 saturated heterocycles. The Bertz CT molecular complexity index is 1370. The van der Waals surface area contributed by atoms with Gasteiger partial charge in [0.05, 0.1) is 10.5 Å². The molecule has 148 valence electrons. The number of para-hydroxylation sites is 1. The normalized spacial score (nSPS) is 10.5. The monoisotopic (exact) mass is 498 g/mol. The fourth-order valence-corrected chi connectivity index (χ4v) is 4.24. The Morgan fingerprint density at radius 2 is 1.97 bits per heavy atom. The van der Waals surface area contributed by atoms with Crippen molar-refractivity contribution in [3.05, 3.63) is 69.4 Å². The summed E-state index contributed by atoms with van der Waals surface area (Å²) in [6.07, 6.45) is 0. The number of halogens is 2. The summed E-state index contributed by atoms with van der Waals surface area (Å²) >= 11 is 4.89. The molecule has 0 bridgehead atoms. The van der Waals surface area contributed by atoms with Crippen molar-refractivity contribution in [2.75, 3.05) is 5.32 Å². The molecule has 0 unspecified atom stereocenters. The molecule has 0 aliphatic rings. The van der Waals surface area contributed by atoms with Crippen molar-refractivity contribution in [2.24, 2.45) is 0 Å². The van der Waals surface area contributed by atoms with Gasteiger partial charge in [-0.2, -0.15) is 5.10 Å². The molecule has 3 heterocycles. The van der Waals surface area contributed by atoms with Crippen molar-refractivity contribution in [1.29, 1.82) is 5.39 Å². The molecule has 2 aromatic carbocycles. The molecular formula is C20H12BrClN6OS. The Labute approximate surface area is 189 Å². The second-order valence-electron chi connectivity index (χ2n) is 6.22. The first-order chi connectivity index (χ1) is 14.2. The summed E-state index contributed by atoms with van der Waals surface area (Å²) in [5, 5.41) is 23.1. The van der Waals surface area contributed by atoms with Gasteiger partial charge in [-0.05, 0) is 36.4 Å². The number of furan rings is 1. The predicted octanol–water partition coefficient (Wildman–Crippen LogP) is 3.94. The molecule has 0 aliphatic heterocycles. The van der Waals surface area contributed by atoms with Gasteiger partial charge in [0.1, 0.15) is 16.3 Å². The van der Waals surface area contributed by atoms with E-state index in [1.54, 1.807) is 0 Å². The van der Waals surface area contributed by atoms with Crippen LogP contribution in [0.3, 0.4) is 0 Å². The quantitative estimate of drug-likeness (QED) is 0.365. The molecule has 0 saturated carbocycles. The van der Waals surface area contributed by atoms with Gasteiger partial charge in [-0.25, -0.2) is 4.98 Å². The second kappa shape index (κ2) is 8.28. The highest BCUT2D eigenvalue weighted by molar-refractivity contribution is 9.10. The summed E-state index contributed by atoms with van der Waals surface area (Å²) in [5.41, 5.74) is 2.96. The molecule has 2 N–H and O–H groups in total. The molecule has 3 aromatic heterocycles. The molecule has 0 amide bonds. The van der Waals surface area contributed by atoms with Crippen LogP contribution in [-0.2, 0) is 0 Å². The number of H-pyrrole nitrogens is 1. The first kappa shape index (κ1) is 20.1. The lowest BCUT2D eigenvalue weighted by Crippen LogP contribution is -3.00. The summed E-state index contributed by atoms with van der Waals surface area (Å²) in [5.74, 6) is 1.43. The van der Waals surface area contributed by atoms with Gasteiger partial charge in [0, 0.05) is 25.9 Å². The molecule has 7 nitrogen and oxygen atoms in total. The van der Waals surface area contributed by atoms with Crippen LogP contribution in [0.5, 0.6) is 0 Å². The molecule has 30 heavy (non-hydrogen) atoms. The largest absolute Gasteiger partial charge is 1.00 e. The van der Waals surface area contributed by atoms with Crippen molar-refractivity contribution in [3.8, 4) is 22.0 Å². The number of hydrogen-bond acceptors (Lipinski definition) is 6. The maximum absolute atomic E-state index is 9.37. The van der Waals surface area contributed by atoms with Crippen LogP contribution < -0.4 is 17.7 Å². The van der Waals surface area contributed by atoms with E-state index in [-0.39, 0.29) is 18.2 Å². The van der Waals surface area contributed by atoms with Gasteiger partial charge < -0.3 is 22.1 Å². The minimum Gasteiger partial charge on any atom is -1.00 e. The number of thiazole rings is 1. The third-order valence-electron chi connectivity index (χ3n) is 4.33. The first-order valence-electron chi connectivity index (χ1n) is 8.62. The van der Waals surface area contributed by atoms with Crippen LogP contribution in [0.1, 0.15) is 0 Å². The Morgan fingerprint density at radius 3 is 2.77 bits per heavy atom. The van der Waals surface area contributed by atoms with Crippen molar-refractivity contribution in [2.45, 2.75) is 0 Å². The molecular weight excluding hydrogens is 488 g/mol. The number of anilines is 2. The van der Waals surface area contributed by atoms with Crippen molar-refractivity contribution in [3.63, 3.8) is 0 Å². The zero-order valence-electron chi connectivity index (χ0n) is 15.1. The highest BCUT2D eigenvalue weighted by atomic mass is 79.9. The fourth-order valence-electron chi connectivity index (χ4n) is 3.01. The molecule has 0 fully saturated rings. The Morgan fingerprint density at radius 1 is 1.13 bits per heavy atom. The third kappa shape index (κ3) is 3.68. The minimum atomic E-state index is 0. The van der Waals surface area contributed by atoms with Gasteiger partial charge in [0.15, 0.2) is 17.1 Å². The molecule has 0 atom stereocenters. The van der Waals surface area contributed by atoms with Gasteiger partial charge >= 0.3 is 5.82 Å². The van der Waals surface area contributed by atoms with Gasteiger partial charge in [0.2, 0.25) is 0 Å². The maximum atomic E-state index is 9.37. The SMILES string of the molecule is N#[N+]c1n[nH]c(Nc2ccccc2)c1-c1nc(-c2cc3cc(Br)ccc3o2)cs1.[Cl-]. The topological polar surface area (TPSA) is 94.9 Å². The van der Waals surface area contributed by atoms with E-state index >= 15 is 0 Å². The van der Waals surface area contributed by atoms with Crippen molar-refractivity contribution < 1.29 is 16.8 Å². The van der Waals surface area contributed by atoms with E-state index in [0.717, 1.165) is 21.1 Å². The van der Waals surface area contributed by atoms with Gasteiger partial charge in [-0.3, -0.25) is 0 Å². The highest BCUT2D eigenvalue weighted by Gasteiger charge is 2.28. The maximum Gasteiger partial charge on any atom is 0.500 e. The Hall–Kier alpha value is -3.19. The average Bonchev–Trinajstić information content (AvgIpc) is 3.45. The molecule has 0 aliphatic carbocycles. The predicted molar refractivity (Wildman–Crippen MR) is 117 cm³/mol. The molecule has 0 spiro atoms. The van der Waals surface area contributed by atoms with E-state index in [1.165, 1.54) is 11.3 Å². The van der Waals surface area contributed by atoms with E-state index in [9.17, 15) is 5.39 Å². The highest BCUT2D eigenvalue weighted by Crippen LogP contribution is 2.40. The summed E-state index contributed by atoms with van der Waals surface area (Å²) < 4.78 is 6.92. The Kier molecular flexibility index (Phi) is 5.55. The molecule has 10 heteroatoms. The van der Waals surface area contributed by atoms with Crippen LogP contribution in [-0.4, -0.2) is 15.2 Å². The summed E-state index contributed by atoms with van der Waals surface area (Å²) in [7, 11) is 0. The second-order valence-corrected chi connectivity index (χ2v) is 7.99. The number of aromatic amines is 1. The summed E-state index contributed by atoms with van der Waals surface area (Å²) in [6.45, 7) is 0.